The second-order valence-corrected chi connectivity index (χ2v) is 11.9. The number of para-hydroxylation sites is 2. The molecule has 2 amide bonds. The fraction of sp³-hybridized carbons (Fsp3) is 0.355. The van der Waals surface area contributed by atoms with Crippen LogP contribution < -0.4 is 23.8 Å². The summed E-state index contributed by atoms with van der Waals surface area (Å²) in [6.07, 6.45) is 0. The average molecular weight is 598 g/mol. The van der Waals surface area contributed by atoms with E-state index in [-0.39, 0.29) is 34.7 Å². The Hall–Kier alpha value is -4.25. The smallest absolute Gasteiger partial charge is 0.264 e. The van der Waals surface area contributed by atoms with Gasteiger partial charge in [0.15, 0.2) is 0 Å². The first-order valence-corrected chi connectivity index (χ1v) is 15.0. The molecule has 0 spiro atoms. The highest BCUT2D eigenvalue weighted by Gasteiger charge is 2.33. The van der Waals surface area contributed by atoms with E-state index in [1.807, 2.05) is 19.9 Å². The normalized spacial score (nSPS) is 11.9. The molecule has 10 nitrogen and oxygen atoms in total. The summed E-state index contributed by atoms with van der Waals surface area (Å²) < 4.78 is 45.1. The van der Waals surface area contributed by atoms with Crippen molar-refractivity contribution in [2.45, 2.75) is 38.3 Å². The second-order valence-electron chi connectivity index (χ2n) is 10.0. The van der Waals surface area contributed by atoms with Crippen LogP contribution in [0.5, 0.6) is 17.2 Å². The largest absolute Gasteiger partial charge is 0.497 e. The number of hydrogen-bond acceptors (Lipinski definition) is 7. The summed E-state index contributed by atoms with van der Waals surface area (Å²) in [5, 5.41) is 2.87. The Balaban J connectivity index is 2.06. The maximum atomic E-state index is 14.1. The van der Waals surface area contributed by atoms with Crippen LogP contribution >= 0.6 is 0 Å². The fourth-order valence-corrected chi connectivity index (χ4v) is 5.65. The van der Waals surface area contributed by atoms with Crippen molar-refractivity contribution in [3.63, 3.8) is 0 Å². The number of methoxy groups -OCH3 is 3. The maximum absolute atomic E-state index is 14.1. The molecule has 3 rings (SSSR count). The Morgan fingerprint density at radius 2 is 1.50 bits per heavy atom. The molecule has 3 aromatic carbocycles. The first-order chi connectivity index (χ1) is 20.0. The standard InChI is InChI=1S/C31H39N3O7S/c1-22(2)19-32-31(36)23(3)33(20-24-10-9-11-26(18-24)40-5)30(35)21-34(28-12-7-8-13-29(28)41-6)42(37,38)27-16-14-25(39-4)15-17-27/h7-18,22-23H,19-21H2,1-6H3,(H,32,36)/t23-/m0/s1. The number of benzene rings is 3. The molecule has 0 aliphatic carbocycles. The lowest BCUT2D eigenvalue weighted by atomic mass is 10.1. The van der Waals surface area contributed by atoms with Gasteiger partial charge in [0.05, 0.1) is 31.9 Å². The molecule has 0 heterocycles. The van der Waals surface area contributed by atoms with Gasteiger partial charge < -0.3 is 24.4 Å². The molecule has 0 aliphatic heterocycles. The third kappa shape index (κ3) is 7.94. The molecule has 0 saturated heterocycles. The lowest BCUT2D eigenvalue weighted by molar-refractivity contribution is -0.139. The number of ether oxygens (including phenoxy) is 3. The highest BCUT2D eigenvalue weighted by molar-refractivity contribution is 7.92. The topological polar surface area (TPSA) is 114 Å². The summed E-state index contributed by atoms with van der Waals surface area (Å²) in [7, 11) is 0.190. The van der Waals surface area contributed by atoms with E-state index in [0.717, 1.165) is 4.31 Å². The number of rotatable bonds is 14. The van der Waals surface area contributed by atoms with E-state index in [1.165, 1.54) is 43.4 Å². The molecular formula is C31H39N3O7S. The minimum Gasteiger partial charge on any atom is -0.497 e. The second kappa shape index (κ2) is 14.6. The molecule has 0 unspecified atom stereocenters. The summed E-state index contributed by atoms with van der Waals surface area (Å²) in [5.74, 6) is 0.632. The SMILES string of the molecule is COc1ccc(S(=O)(=O)N(CC(=O)N(Cc2cccc(OC)c2)[C@@H](C)C(=O)NCC(C)C)c2ccccc2OC)cc1. The molecular weight excluding hydrogens is 558 g/mol. The first-order valence-electron chi connectivity index (χ1n) is 13.5. The Morgan fingerprint density at radius 3 is 2.12 bits per heavy atom. The number of carbonyl (C=O) groups is 2. The van der Waals surface area contributed by atoms with Crippen LogP contribution in [-0.2, 0) is 26.2 Å². The number of carbonyl (C=O) groups excluding carboxylic acids is 2. The van der Waals surface area contributed by atoms with Gasteiger partial charge in [0, 0.05) is 13.1 Å². The van der Waals surface area contributed by atoms with Crippen LogP contribution in [-0.4, -0.2) is 65.6 Å². The van der Waals surface area contributed by atoms with E-state index in [1.54, 1.807) is 56.5 Å². The van der Waals surface area contributed by atoms with Gasteiger partial charge in [-0.2, -0.15) is 0 Å². The van der Waals surface area contributed by atoms with Gasteiger partial charge in [-0.25, -0.2) is 8.42 Å². The van der Waals surface area contributed by atoms with Crippen molar-refractivity contribution >= 4 is 27.5 Å². The number of nitrogens with zero attached hydrogens (tertiary/aromatic N) is 2. The van der Waals surface area contributed by atoms with E-state index in [0.29, 0.717) is 23.6 Å². The van der Waals surface area contributed by atoms with Gasteiger partial charge in [-0.3, -0.25) is 13.9 Å². The van der Waals surface area contributed by atoms with Crippen molar-refractivity contribution in [3.05, 3.63) is 78.4 Å². The van der Waals surface area contributed by atoms with Crippen LogP contribution in [0.25, 0.3) is 0 Å². The van der Waals surface area contributed by atoms with Crippen molar-refractivity contribution in [1.82, 2.24) is 10.2 Å². The molecule has 0 saturated carbocycles. The number of amides is 2. The number of nitrogens with one attached hydrogen (secondary N) is 1. The molecule has 226 valence electrons. The van der Waals surface area contributed by atoms with Gasteiger partial charge >= 0.3 is 0 Å². The molecule has 0 aromatic heterocycles. The van der Waals surface area contributed by atoms with Gasteiger partial charge in [0.25, 0.3) is 10.0 Å². The number of hydrogen-bond donors (Lipinski definition) is 1. The van der Waals surface area contributed by atoms with Crippen molar-refractivity contribution in [3.8, 4) is 17.2 Å². The molecule has 42 heavy (non-hydrogen) atoms. The van der Waals surface area contributed by atoms with Crippen LogP contribution in [0.2, 0.25) is 0 Å². The van der Waals surface area contributed by atoms with Crippen molar-refractivity contribution in [1.29, 1.82) is 0 Å². The van der Waals surface area contributed by atoms with E-state index in [4.69, 9.17) is 14.2 Å². The molecule has 0 radical (unpaired) electrons. The fourth-order valence-electron chi connectivity index (χ4n) is 4.23. The summed E-state index contributed by atoms with van der Waals surface area (Å²) >= 11 is 0. The molecule has 0 bridgehead atoms. The average Bonchev–Trinajstić information content (AvgIpc) is 3.00. The van der Waals surface area contributed by atoms with E-state index < -0.39 is 28.5 Å². The van der Waals surface area contributed by atoms with Crippen LogP contribution in [0.4, 0.5) is 5.69 Å². The van der Waals surface area contributed by atoms with Crippen molar-refractivity contribution in [2.24, 2.45) is 5.92 Å². The van der Waals surface area contributed by atoms with Crippen LogP contribution in [0.1, 0.15) is 26.3 Å². The monoisotopic (exact) mass is 597 g/mol. The number of anilines is 1. The van der Waals surface area contributed by atoms with Crippen LogP contribution in [0.3, 0.4) is 0 Å². The zero-order chi connectivity index (χ0) is 30.9. The van der Waals surface area contributed by atoms with Crippen molar-refractivity contribution < 1.29 is 32.2 Å². The predicted octanol–water partition coefficient (Wildman–Crippen LogP) is 4.10. The highest BCUT2D eigenvalue weighted by Crippen LogP contribution is 2.33. The predicted molar refractivity (Wildman–Crippen MR) is 161 cm³/mol. The minimum atomic E-state index is -4.26. The lowest BCUT2D eigenvalue weighted by Crippen LogP contribution is -2.51. The lowest BCUT2D eigenvalue weighted by Gasteiger charge is -2.32. The Labute approximate surface area is 248 Å². The van der Waals surface area contributed by atoms with Gasteiger partial charge in [-0.05, 0) is 66.9 Å². The summed E-state index contributed by atoms with van der Waals surface area (Å²) in [6.45, 7) is 5.47. The van der Waals surface area contributed by atoms with E-state index in [9.17, 15) is 18.0 Å². The Morgan fingerprint density at radius 1 is 0.833 bits per heavy atom. The maximum Gasteiger partial charge on any atom is 0.264 e. The van der Waals surface area contributed by atoms with Crippen LogP contribution in [0.15, 0.2) is 77.7 Å². The summed E-state index contributed by atoms with van der Waals surface area (Å²) in [6, 6.07) is 18.7. The molecule has 11 heteroatoms. The minimum absolute atomic E-state index is 0.0379. The third-order valence-corrected chi connectivity index (χ3v) is 8.39. The summed E-state index contributed by atoms with van der Waals surface area (Å²) in [5.41, 5.74) is 0.899. The van der Waals surface area contributed by atoms with Gasteiger partial charge in [0.1, 0.15) is 29.8 Å². The molecule has 0 fully saturated rings. The van der Waals surface area contributed by atoms with Gasteiger partial charge in [-0.15, -0.1) is 0 Å². The van der Waals surface area contributed by atoms with Crippen molar-refractivity contribution in [2.75, 3.05) is 38.7 Å². The zero-order valence-corrected chi connectivity index (χ0v) is 25.7. The first kappa shape index (κ1) is 32.3. The molecule has 1 atom stereocenters. The molecule has 0 aliphatic rings. The third-order valence-electron chi connectivity index (χ3n) is 6.62. The highest BCUT2D eigenvalue weighted by atomic mass is 32.2. The van der Waals surface area contributed by atoms with E-state index in [2.05, 4.69) is 5.32 Å². The molecule has 1 N–H and O–H groups in total. The van der Waals surface area contributed by atoms with E-state index >= 15 is 0 Å². The Bertz CT molecular complexity index is 1460. The Kier molecular flexibility index (Phi) is 11.2. The summed E-state index contributed by atoms with van der Waals surface area (Å²) in [4.78, 5) is 28.6. The zero-order valence-electron chi connectivity index (χ0n) is 24.9. The van der Waals surface area contributed by atoms with Gasteiger partial charge in [0.2, 0.25) is 11.8 Å². The van der Waals surface area contributed by atoms with Crippen LogP contribution in [0, 0.1) is 5.92 Å². The number of sulfonamides is 1. The van der Waals surface area contributed by atoms with Gasteiger partial charge in [-0.1, -0.05) is 38.1 Å². The molecule has 3 aromatic rings. The quantitative estimate of drug-likeness (QED) is 0.298.